The SMILES string of the molecule is Oc1ccc(F)cc1C=NCc1ccccc1O. The summed E-state index contributed by atoms with van der Waals surface area (Å²) in [6.07, 6.45) is 1.38. The summed E-state index contributed by atoms with van der Waals surface area (Å²) in [6.45, 7) is 0.266. The molecule has 0 saturated heterocycles. The molecule has 3 nitrogen and oxygen atoms in total. The molecule has 0 fully saturated rings. The van der Waals surface area contributed by atoms with Crippen LogP contribution in [0.2, 0.25) is 0 Å². The first-order valence-electron chi connectivity index (χ1n) is 5.42. The van der Waals surface area contributed by atoms with Gasteiger partial charge in [0, 0.05) is 17.3 Å². The van der Waals surface area contributed by atoms with Gasteiger partial charge in [-0.15, -0.1) is 0 Å². The summed E-state index contributed by atoms with van der Waals surface area (Å²) in [6, 6.07) is 10.5. The van der Waals surface area contributed by atoms with Crippen molar-refractivity contribution in [3.05, 3.63) is 59.4 Å². The summed E-state index contributed by atoms with van der Waals surface area (Å²) in [7, 11) is 0. The van der Waals surface area contributed by atoms with Gasteiger partial charge < -0.3 is 10.2 Å². The van der Waals surface area contributed by atoms with Crippen LogP contribution in [0, 0.1) is 5.82 Å². The summed E-state index contributed by atoms with van der Waals surface area (Å²) in [5.74, 6) is -0.299. The summed E-state index contributed by atoms with van der Waals surface area (Å²) < 4.78 is 12.9. The zero-order valence-corrected chi connectivity index (χ0v) is 9.55. The summed E-state index contributed by atoms with van der Waals surface area (Å²) >= 11 is 0. The van der Waals surface area contributed by atoms with Crippen molar-refractivity contribution in [1.82, 2.24) is 0 Å². The van der Waals surface area contributed by atoms with Crippen LogP contribution in [-0.4, -0.2) is 16.4 Å². The molecule has 2 aromatic carbocycles. The second kappa shape index (κ2) is 5.31. The van der Waals surface area contributed by atoms with Crippen LogP contribution in [0.5, 0.6) is 11.5 Å². The van der Waals surface area contributed by atoms with Crippen LogP contribution in [0.25, 0.3) is 0 Å². The lowest BCUT2D eigenvalue weighted by molar-refractivity contribution is 0.468. The van der Waals surface area contributed by atoms with Crippen molar-refractivity contribution in [2.75, 3.05) is 0 Å². The Bertz CT molecular complexity index is 582. The zero-order valence-electron chi connectivity index (χ0n) is 9.55. The summed E-state index contributed by atoms with van der Waals surface area (Å²) in [5.41, 5.74) is 0.982. The van der Waals surface area contributed by atoms with E-state index in [1.807, 2.05) is 0 Å². The average molecular weight is 245 g/mol. The Balaban J connectivity index is 2.12. The van der Waals surface area contributed by atoms with E-state index < -0.39 is 5.82 Å². The van der Waals surface area contributed by atoms with Crippen LogP contribution in [0.1, 0.15) is 11.1 Å². The van der Waals surface area contributed by atoms with E-state index in [-0.39, 0.29) is 18.0 Å². The molecule has 0 aliphatic heterocycles. The molecule has 0 radical (unpaired) electrons. The first-order valence-corrected chi connectivity index (χ1v) is 5.42. The standard InChI is InChI=1S/C14H12FNO2/c15-12-5-6-14(18)11(7-12)9-16-8-10-3-1-2-4-13(10)17/h1-7,9,17-18H,8H2. The third kappa shape index (κ3) is 2.85. The van der Waals surface area contributed by atoms with Gasteiger partial charge in [-0.1, -0.05) is 18.2 Å². The maximum absolute atomic E-state index is 12.9. The predicted octanol–water partition coefficient (Wildman–Crippen LogP) is 2.86. The Morgan fingerprint density at radius 3 is 2.61 bits per heavy atom. The van der Waals surface area contributed by atoms with Crippen molar-refractivity contribution >= 4 is 6.21 Å². The molecule has 0 bridgehead atoms. The molecule has 0 atom stereocenters. The largest absolute Gasteiger partial charge is 0.508 e. The molecule has 2 aromatic rings. The minimum Gasteiger partial charge on any atom is -0.508 e. The first-order chi connectivity index (χ1) is 8.66. The van der Waals surface area contributed by atoms with E-state index in [0.717, 1.165) is 0 Å². The summed E-state index contributed by atoms with van der Waals surface area (Å²) in [5, 5.41) is 19.0. The van der Waals surface area contributed by atoms with Gasteiger partial charge in [0.1, 0.15) is 17.3 Å². The second-order valence-corrected chi connectivity index (χ2v) is 3.80. The number of nitrogens with zero attached hydrogens (tertiary/aromatic N) is 1. The predicted molar refractivity (Wildman–Crippen MR) is 67.5 cm³/mol. The lowest BCUT2D eigenvalue weighted by Crippen LogP contribution is -1.87. The van der Waals surface area contributed by atoms with Crippen LogP contribution in [0.4, 0.5) is 4.39 Å². The van der Waals surface area contributed by atoms with E-state index in [9.17, 15) is 14.6 Å². The Hall–Kier alpha value is -2.36. The Labute approximate surface area is 104 Å². The minimum absolute atomic E-state index is 0.0302. The topological polar surface area (TPSA) is 52.8 Å². The monoisotopic (exact) mass is 245 g/mol. The lowest BCUT2D eigenvalue weighted by Gasteiger charge is -2.01. The Kier molecular flexibility index (Phi) is 3.57. The van der Waals surface area contributed by atoms with Gasteiger partial charge in [0.15, 0.2) is 0 Å². The number of hydrogen-bond acceptors (Lipinski definition) is 3. The highest BCUT2D eigenvalue weighted by Crippen LogP contribution is 2.18. The number of rotatable bonds is 3. The van der Waals surface area contributed by atoms with Gasteiger partial charge in [-0.05, 0) is 24.3 Å². The highest BCUT2D eigenvalue weighted by Gasteiger charge is 2.00. The number of phenolic OH excluding ortho intramolecular Hbond substituents is 2. The number of halogens is 1. The Morgan fingerprint density at radius 1 is 1.06 bits per heavy atom. The van der Waals surface area contributed by atoms with Crippen molar-refractivity contribution in [2.45, 2.75) is 6.54 Å². The third-order valence-corrected chi connectivity index (χ3v) is 2.47. The lowest BCUT2D eigenvalue weighted by atomic mass is 10.2. The van der Waals surface area contributed by atoms with Crippen LogP contribution < -0.4 is 0 Å². The fourth-order valence-corrected chi connectivity index (χ4v) is 1.52. The molecule has 4 heteroatoms. The highest BCUT2D eigenvalue weighted by atomic mass is 19.1. The molecule has 2 rings (SSSR count). The van der Waals surface area contributed by atoms with Gasteiger partial charge in [-0.25, -0.2) is 4.39 Å². The first kappa shape index (κ1) is 12.1. The van der Waals surface area contributed by atoms with Gasteiger partial charge >= 0.3 is 0 Å². The fourth-order valence-electron chi connectivity index (χ4n) is 1.52. The molecule has 0 amide bonds. The number of aliphatic imine (C=N–C) groups is 1. The molecule has 2 N–H and O–H groups in total. The van der Waals surface area contributed by atoms with Gasteiger partial charge in [0.25, 0.3) is 0 Å². The molecule has 18 heavy (non-hydrogen) atoms. The number of para-hydroxylation sites is 1. The molecule has 0 aliphatic carbocycles. The number of aromatic hydroxyl groups is 2. The molecule has 0 saturated carbocycles. The molecular weight excluding hydrogens is 233 g/mol. The quantitative estimate of drug-likeness (QED) is 0.817. The summed E-state index contributed by atoms with van der Waals surface area (Å²) in [4.78, 5) is 4.06. The number of benzene rings is 2. The van der Waals surface area contributed by atoms with Crippen molar-refractivity contribution in [3.63, 3.8) is 0 Å². The van der Waals surface area contributed by atoms with Crippen LogP contribution >= 0.6 is 0 Å². The van der Waals surface area contributed by atoms with E-state index in [1.54, 1.807) is 24.3 Å². The van der Waals surface area contributed by atoms with E-state index >= 15 is 0 Å². The molecule has 0 spiro atoms. The number of phenols is 2. The van der Waals surface area contributed by atoms with Gasteiger partial charge in [-0.3, -0.25) is 4.99 Å². The van der Waals surface area contributed by atoms with Gasteiger partial charge in [0.05, 0.1) is 6.54 Å². The normalized spacial score (nSPS) is 10.9. The van der Waals surface area contributed by atoms with Crippen LogP contribution in [-0.2, 0) is 6.54 Å². The van der Waals surface area contributed by atoms with Crippen molar-refractivity contribution in [1.29, 1.82) is 0 Å². The Morgan fingerprint density at radius 2 is 1.83 bits per heavy atom. The van der Waals surface area contributed by atoms with Crippen LogP contribution in [0.3, 0.4) is 0 Å². The van der Waals surface area contributed by atoms with E-state index in [2.05, 4.69) is 4.99 Å². The number of hydrogen-bond donors (Lipinski definition) is 2. The van der Waals surface area contributed by atoms with Crippen molar-refractivity contribution in [3.8, 4) is 11.5 Å². The molecule has 0 unspecified atom stereocenters. The maximum atomic E-state index is 12.9. The fraction of sp³-hybridized carbons (Fsp3) is 0.0714. The van der Waals surface area contributed by atoms with Crippen molar-refractivity contribution < 1.29 is 14.6 Å². The molecule has 0 heterocycles. The highest BCUT2D eigenvalue weighted by molar-refractivity contribution is 5.83. The smallest absolute Gasteiger partial charge is 0.124 e. The van der Waals surface area contributed by atoms with E-state index in [1.165, 1.54) is 24.4 Å². The van der Waals surface area contributed by atoms with Crippen LogP contribution in [0.15, 0.2) is 47.5 Å². The van der Waals surface area contributed by atoms with Gasteiger partial charge in [-0.2, -0.15) is 0 Å². The van der Waals surface area contributed by atoms with E-state index in [0.29, 0.717) is 11.1 Å². The van der Waals surface area contributed by atoms with Gasteiger partial charge in [0.2, 0.25) is 0 Å². The zero-order chi connectivity index (χ0) is 13.0. The molecule has 0 aromatic heterocycles. The van der Waals surface area contributed by atoms with Crippen molar-refractivity contribution in [2.24, 2.45) is 4.99 Å². The van der Waals surface area contributed by atoms with E-state index in [4.69, 9.17) is 0 Å². The minimum atomic E-state index is -0.434. The maximum Gasteiger partial charge on any atom is 0.124 e. The molecule has 0 aliphatic rings. The third-order valence-electron chi connectivity index (χ3n) is 2.47. The average Bonchev–Trinajstić information content (AvgIpc) is 2.36. The molecular formula is C14H12FNO2. The molecule has 92 valence electrons. The second-order valence-electron chi connectivity index (χ2n) is 3.80.